The van der Waals surface area contributed by atoms with Gasteiger partial charge in [-0.3, -0.25) is 0 Å². The van der Waals surface area contributed by atoms with Crippen LogP contribution < -0.4 is 10.1 Å². The highest BCUT2D eigenvalue weighted by Gasteiger charge is 2.07. The second kappa shape index (κ2) is 5.10. The van der Waals surface area contributed by atoms with Gasteiger partial charge < -0.3 is 15.0 Å². The third-order valence-electron chi connectivity index (χ3n) is 2.49. The number of imidazole rings is 1. The van der Waals surface area contributed by atoms with Crippen molar-refractivity contribution in [1.82, 2.24) is 9.97 Å². The number of hydrogen-bond donors (Lipinski definition) is 2. The lowest BCUT2D eigenvalue weighted by Gasteiger charge is -2.07. The van der Waals surface area contributed by atoms with Crippen LogP contribution in [0.2, 0.25) is 5.02 Å². The van der Waals surface area contributed by atoms with Crippen LogP contribution in [0.1, 0.15) is 11.3 Å². The Bertz CT molecular complexity index is 510. The lowest BCUT2D eigenvalue weighted by Crippen LogP contribution is -1.95. The summed E-state index contributed by atoms with van der Waals surface area (Å²) in [6.07, 6.45) is 2.50. The maximum atomic E-state index is 5.98. The van der Waals surface area contributed by atoms with Crippen LogP contribution >= 0.6 is 11.6 Å². The van der Waals surface area contributed by atoms with Crippen molar-refractivity contribution >= 4 is 17.5 Å². The van der Waals surface area contributed by atoms with Crippen molar-refractivity contribution in [3.63, 3.8) is 0 Å². The Hall–Kier alpha value is -1.68. The van der Waals surface area contributed by atoms with E-state index in [0.29, 0.717) is 11.4 Å². The maximum Gasteiger partial charge on any atom is 0.200 e. The topological polar surface area (TPSA) is 49.9 Å². The van der Waals surface area contributed by atoms with Crippen molar-refractivity contribution in [2.45, 2.75) is 6.42 Å². The predicted octanol–water partition coefficient (Wildman–Crippen LogP) is 2.70. The van der Waals surface area contributed by atoms with Gasteiger partial charge in [-0.05, 0) is 18.2 Å². The first kappa shape index (κ1) is 11.8. The highest BCUT2D eigenvalue weighted by atomic mass is 35.5. The number of ether oxygens (including phenoxy) is 1. The number of methoxy groups -OCH3 is 1. The quantitative estimate of drug-likeness (QED) is 0.879. The third kappa shape index (κ3) is 2.71. The Balaban J connectivity index is 2.25. The molecule has 1 aromatic carbocycles. The molecule has 4 nitrogen and oxygen atoms in total. The van der Waals surface area contributed by atoms with Crippen LogP contribution in [0.4, 0.5) is 5.95 Å². The molecule has 0 spiro atoms. The first-order chi connectivity index (χ1) is 8.22. The van der Waals surface area contributed by atoms with Crippen LogP contribution in [0.15, 0.2) is 24.4 Å². The zero-order chi connectivity index (χ0) is 12.3. The van der Waals surface area contributed by atoms with Gasteiger partial charge in [0.25, 0.3) is 0 Å². The number of benzene rings is 1. The Labute approximate surface area is 105 Å². The minimum absolute atomic E-state index is 0.703. The van der Waals surface area contributed by atoms with Gasteiger partial charge in [0.05, 0.1) is 13.3 Å². The van der Waals surface area contributed by atoms with Crippen molar-refractivity contribution in [1.29, 1.82) is 0 Å². The van der Waals surface area contributed by atoms with Crippen molar-refractivity contribution in [2.24, 2.45) is 0 Å². The first-order valence-electron chi connectivity index (χ1n) is 5.27. The number of nitrogens with one attached hydrogen (secondary N) is 2. The van der Waals surface area contributed by atoms with Crippen LogP contribution in [0.5, 0.6) is 5.75 Å². The van der Waals surface area contributed by atoms with Gasteiger partial charge in [0.1, 0.15) is 5.75 Å². The maximum absolute atomic E-state index is 5.98. The van der Waals surface area contributed by atoms with Gasteiger partial charge in [0.15, 0.2) is 5.95 Å². The van der Waals surface area contributed by atoms with Crippen LogP contribution in [0, 0.1) is 0 Å². The normalized spacial score (nSPS) is 10.3. The molecule has 0 atom stereocenters. The molecular weight excluding hydrogens is 238 g/mol. The van der Waals surface area contributed by atoms with Gasteiger partial charge >= 0.3 is 0 Å². The summed E-state index contributed by atoms with van der Waals surface area (Å²) in [5.74, 6) is 1.58. The Morgan fingerprint density at radius 2 is 2.29 bits per heavy atom. The predicted molar refractivity (Wildman–Crippen MR) is 68.9 cm³/mol. The highest BCUT2D eigenvalue weighted by molar-refractivity contribution is 6.30. The van der Waals surface area contributed by atoms with E-state index < -0.39 is 0 Å². The second-order valence-corrected chi connectivity index (χ2v) is 4.08. The Kier molecular flexibility index (Phi) is 3.54. The first-order valence-corrected chi connectivity index (χ1v) is 5.64. The zero-order valence-electron chi connectivity index (χ0n) is 9.75. The Morgan fingerprint density at radius 3 is 2.94 bits per heavy atom. The third-order valence-corrected chi connectivity index (χ3v) is 2.72. The smallest absolute Gasteiger partial charge is 0.200 e. The number of aromatic amines is 1. The van der Waals surface area contributed by atoms with Gasteiger partial charge in [-0.2, -0.15) is 0 Å². The summed E-state index contributed by atoms with van der Waals surface area (Å²) in [4.78, 5) is 7.33. The fraction of sp³-hybridized carbons (Fsp3) is 0.250. The lowest BCUT2D eigenvalue weighted by atomic mass is 10.1. The fourth-order valence-electron chi connectivity index (χ4n) is 1.67. The summed E-state index contributed by atoms with van der Waals surface area (Å²) in [5, 5.41) is 3.65. The van der Waals surface area contributed by atoms with E-state index in [1.807, 2.05) is 25.2 Å². The van der Waals surface area contributed by atoms with E-state index in [1.165, 1.54) is 0 Å². The van der Waals surface area contributed by atoms with E-state index in [1.54, 1.807) is 13.3 Å². The van der Waals surface area contributed by atoms with Crippen LogP contribution in [0.25, 0.3) is 0 Å². The summed E-state index contributed by atoms with van der Waals surface area (Å²) in [6, 6.07) is 5.59. The molecule has 2 N–H and O–H groups in total. The number of rotatable bonds is 4. The molecule has 0 amide bonds. The molecule has 5 heteroatoms. The van der Waals surface area contributed by atoms with Gasteiger partial charge in [-0.25, -0.2) is 4.98 Å². The Morgan fingerprint density at radius 1 is 1.47 bits per heavy atom. The van der Waals surface area contributed by atoms with Crippen LogP contribution in [-0.2, 0) is 6.42 Å². The summed E-state index contributed by atoms with van der Waals surface area (Å²) >= 11 is 5.98. The number of nitrogens with zero attached hydrogens (tertiary/aromatic N) is 1. The van der Waals surface area contributed by atoms with Crippen molar-refractivity contribution in [3.05, 3.63) is 40.7 Å². The molecule has 0 aliphatic carbocycles. The molecule has 1 aromatic heterocycles. The standard InChI is InChI=1S/C12H14ClN3O/c1-14-12-15-7-10(16-12)6-8-5-9(13)3-4-11(8)17-2/h3-5,7H,6H2,1-2H3,(H2,14,15,16). The van der Waals surface area contributed by atoms with Gasteiger partial charge in [-0.15, -0.1) is 0 Å². The molecule has 0 radical (unpaired) electrons. The largest absolute Gasteiger partial charge is 0.496 e. The average Bonchev–Trinajstić information content (AvgIpc) is 2.77. The van der Waals surface area contributed by atoms with Gasteiger partial charge in [0.2, 0.25) is 0 Å². The van der Waals surface area contributed by atoms with Crippen molar-refractivity contribution in [3.8, 4) is 5.75 Å². The van der Waals surface area contributed by atoms with E-state index in [2.05, 4.69) is 15.3 Å². The molecule has 0 aliphatic heterocycles. The number of hydrogen-bond acceptors (Lipinski definition) is 3. The van der Waals surface area contributed by atoms with Gasteiger partial charge in [-0.1, -0.05) is 11.6 Å². The SMILES string of the molecule is CNc1ncc(Cc2cc(Cl)ccc2OC)[nH]1. The molecule has 2 aromatic rings. The monoisotopic (exact) mass is 251 g/mol. The van der Waals surface area contributed by atoms with E-state index in [9.17, 15) is 0 Å². The number of aromatic nitrogens is 2. The van der Waals surface area contributed by atoms with Crippen LogP contribution in [0.3, 0.4) is 0 Å². The minimum atomic E-state index is 0.703. The van der Waals surface area contributed by atoms with E-state index in [-0.39, 0.29) is 0 Å². The number of anilines is 1. The molecule has 0 bridgehead atoms. The summed E-state index contributed by atoms with van der Waals surface area (Å²) in [5.41, 5.74) is 2.04. The highest BCUT2D eigenvalue weighted by Crippen LogP contribution is 2.24. The van der Waals surface area contributed by atoms with Crippen LogP contribution in [-0.4, -0.2) is 24.1 Å². The molecule has 0 fully saturated rings. The minimum Gasteiger partial charge on any atom is -0.496 e. The van der Waals surface area contributed by atoms with E-state index in [0.717, 1.165) is 23.0 Å². The molecule has 0 aliphatic rings. The summed E-state index contributed by atoms with van der Waals surface area (Å²) in [7, 11) is 3.47. The average molecular weight is 252 g/mol. The molecule has 2 rings (SSSR count). The number of H-pyrrole nitrogens is 1. The molecule has 0 saturated carbocycles. The molecule has 0 saturated heterocycles. The zero-order valence-corrected chi connectivity index (χ0v) is 10.5. The molecule has 17 heavy (non-hydrogen) atoms. The second-order valence-electron chi connectivity index (χ2n) is 3.64. The molecular formula is C12H14ClN3O. The van der Waals surface area contributed by atoms with Crippen molar-refractivity contribution in [2.75, 3.05) is 19.5 Å². The molecule has 1 heterocycles. The molecule has 0 unspecified atom stereocenters. The number of halogens is 1. The van der Waals surface area contributed by atoms with E-state index in [4.69, 9.17) is 16.3 Å². The summed E-state index contributed by atoms with van der Waals surface area (Å²) in [6.45, 7) is 0. The molecule has 90 valence electrons. The lowest BCUT2D eigenvalue weighted by molar-refractivity contribution is 0.410. The van der Waals surface area contributed by atoms with E-state index >= 15 is 0 Å². The van der Waals surface area contributed by atoms with Crippen molar-refractivity contribution < 1.29 is 4.74 Å². The van der Waals surface area contributed by atoms with Gasteiger partial charge in [0, 0.05) is 29.7 Å². The fourth-order valence-corrected chi connectivity index (χ4v) is 1.86. The summed E-state index contributed by atoms with van der Waals surface area (Å²) < 4.78 is 5.30.